The van der Waals surface area contributed by atoms with Gasteiger partial charge in [-0.2, -0.15) is 26.9 Å². The number of nitrogens with one attached hydrogen (secondary N) is 3. The van der Waals surface area contributed by atoms with Crippen LogP contribution in [0, 0.1) is 17.2 Å². The van der Waals surface area contributed by atoms with Crippen LogP contribution in [-0.2, 0) is 27.5 Å². The van der Waals surface area contributed by atoms with Gasteiger partial charge in [-0.3, -0.25) is 9.35 Å². The molecule has 4 N–H and O–H groups in total. The molecule has 13 nitrogen and oxygen atoms in total. The van der Waals surface area contributed by atoms with Gasteiger partial charge in [-0.1, -0.05) is 12.1 Å². The van der Waals surface area contributed by atoms with Crippen molar-refractivity contribution in [1.29, 1.82) is 5.26 Å². The van der Waals surface area contributed by atoms with E-state index in [-0.39, 0.29) is 23.5 Å². The number of alkyl halides is 3. The van der Waals surface area contributed by atoms with Gasteiger partial charge in [0.2, 0.25) is 11.7 Å². The zero-order valence-electron chi connectivity index (χ0n) is 25.1. The highest BCUT2D eigenvalue weighted by molar-refractivity contribution is 7.85. The summed E-state index contributed by atoms with van der Waals surface area (Å²) in [7, 11) is -4.31. The predicted molar refractivity (Wildman–Crippen MR) is 162 cm³/mol. The van der Waals surface area contributed by atoms with E-state index < -0.39 is 40.1 Å². The highest BCUT2D eigenvalue weighted by Crippen LogP contribution is 2.34. The first-order chi connectivity index (χ1) is 21.8. The van der Waals surface area contributed by atoms with E-state index in [4.69, 9.17) is 9.81 Å². The number of aromatic nitrogens is 2. The molecule has 1 unspecified atom stereocenters. The number of benzene rings is 1. The van der Waals surface area contributed by atoms with Crippen LogP contribution >= 0.6 is 0 Å². The lowest BCUT2D eigenvalue weighted by atomic mass is 9.92. The highest BCUT2D eigenvalue weighted by atomic mass is 32.2. The van der Waals surface area contributed by atoms with Gasteiger partial charge < -0.3 is 25.8 Å². The first kappa shape index (κ1) is 34.7. The van der Waals surface area contributed by atoms with Gasteiger partial charge in [0.1, 0.15) is 23.6 Å². The Morgan fingerprint density at radius 1 is 1.00 bits per heavy atom. The fourth-order valence-electron chi connectivity index (χ4n) is 5.63. The number of piperidine rings is 1. The molecule has 2 fully saturated rings. The van der Waals surface area contributed by atoms with Crippen molar-refractivity contribution in [1.82, 2.24) is 25.9 Å². The minimum atomic E-state index is -4.78. The summed E-state index contributed by atoms with van der Waals surface area (Å²) in [5.41, 5.74) is 1.48. The molecule has 2 aliphatic heterocycles. The maximum absolute atomic E-state index is 13.9. The third-order valence-electron chi connectivity index (χ3n) is 8.03. The standard InChI is InChI=1S/C29H37F3N8O5S/c30-29(31,32)27-37-24(39-15-10-20(11-16-39)3-1-12-35-28(42)36-19-46(43,44)45)17-25(38-27)40-14-2-4-23(40)26(41)34-13-9-21-5-7-22(18-33)8-6-21/h5-8,17,20,23H,1-4,9-16,19H2,(H,34,41)(H2,35,36,42)(H,43,44,45). The summed E-state index contributed by atoms with van der Waals surface area (Å²) in [5.74, 6) is -1.94. The third-order valence-corrected chi connectivity index (χ3v) is 8.54. The predicted octanol–water partition coefficient (Wildman–Crippen LogP) is 2.84. The monoisotopic (exact) mass is 666 g/mol. The van der Waals surface area contributed by atoms with Crippen molar-refractivity contribution in [2.45, 2.75) is 57.2 Å². The summed E-state index contributed by atoms with van der Waals surface area (Å²) in [5, 5.41) is 16.4. The van der Waals surface area contributed by atoms with Crippen molar-refractivity contribution in [3.05, 3.63) is 47.3 Å². The second-order valence-corrected chi connectivity index (χ2v) is 12.8. The SMILES string of the molecule is N#Cc1ccc(CCNC(=O)C2CCCN2c2cc(N3CCC(CCCNC(=O)NCS(=O)(=O)O)CC3)nc(C(F)(F)F)n2)cc1. The first-order valence-electron chi connectivity index (χ1n) is 15.0. The van der Waals surface area contributed by atoms with Crippen molar-refractivity contribution in [2.24, 2.45) is 5.92 Å². The Morgan fingerprint density at radius 3 is 2.35 bits per heavy atom. The molecule has 17 heteroatoms. The number of amides is 3. The Kier molecular flexibility index (Phi) is 11.6. The molecule has 2 saturated heterocycles. The molecule has 0 saturated carbocycles. The lowest BCUT2D eigenvalue weighted by Crippen LogP contribution is -2.44. The molecule has 0 aliphatic carbocycles. The van der Waals surface area contributed by atoms with Crippen LogP contribution in [-0.4, -0.2) is 79.5 Å². The Hall–Kier alpha value is -4.17. The van der Waals surface area contributed by atoms with Crippen LogP contribution in [0.3, 0.4) is 0 Å². The number of anilines is 2. The summed E-state index contributed by atoms with van der Waals surface area (Å²) in [6.45, 7) is 1.96. The molecule has 1 aromatic heterocycles. The Labute approximate surface area is 265 Å². The average Bonchev–Trinajstić information content (AvgIpc) is 3.52. The van der Waals surface area contributed by atoms with Crippen LogP contribution in [0.15, 0.2) is 30.3 Å². The van der Waals surface area contributed by atoms with Crippen LogP contribution in [0.1, 0.15) is 55.5 Å². The van der Waals surface area contributed by atoms with Crippen LogP contribution in [0.25, 0.3) is 0 Å². The molecular formula is C29H37F3N8O5S. The van der Waals surface area contributed by atoms with Crippen molar-refractivity contribution in [3.63, 3.8) is 0 Å². The average molecular weight is 667 g/mol. The number of carbonyl (C=O) groups is 2. The van der Waals surface area contributed by atoms with E-state index >= 15 is 0 Å². The van der Waals surface area contributed by atoms with E-state index in [0.717, 1.165) is 12.0 Å². The zero-order valence-corrected chi connectivity index (χ0v) is 25.9. The van der Waals surface area contributed by atoms with Gasteiger partial charge in [-0.25, -0.2) is 14.8 Å². The minimum Gasteiger partial charge on any atom is -0.356 e. The molecular weight excluding hydrogens is 629 g/mol. The zero-order chi connectivity index (χ0) is 33.3. The van der Waals surface area contributed by atoms with Gasteiger partial charge in [0.15, 0.2) is 0 Å². The number of hydrogen-bond donors (Lipinski definition) is 4. The normalized spacial score (nSPS) is 17.4. The van der Waals surface area contributed by atoms with Gasteiger partial charge in [-0.05, 0) is 68.6 Å². The molecule has 2 aliphatic rings. The van der Waals surface area contributed by atoms with E-state index in [1.807, 2.05) is 17.4 Å². The molecule has 3 heterocycles. The van der Waals surface area contributed by atoms with Crippen LogP contribution in [0.4, 0.5) is 29.6 Å². The van der Waals surface area contributed by atoms with Gasteiger partial charge in [0, 0.05) is 38.8 Å². The number of carbonyl (C=O) groups excluding carboxylic acids is 2. The molecule has 4 rings (SSSR count). The Bertz CT molecular complexity index is 1510. The quantitative estimate of drug-likeness (QED) is 0.194. The fraction of sp³-hybridized carbons (Fsp3) is 0.552. The molecule has 250 valence electrons. The van der Waals surface area contributed by atoms with Crippen molar-refractivity contribution < 1.29 is 35.7 Å². The summed E-state index contributed by atoms with van der Waals surface area (Å²) in [6.07, 6.45) is -0.367. The van der Waals surface area contributed by atoms with Crippen molar-refractivity contribution >= 4 is 33.7 Å². The molecule has 0 bridgehead atoms. The maximum atomic E-state index is 13.9. The van der Waals surface area contributed by atoms with E-state index in [1.54, 1.807) is 21.9 Å². The summed E-state index contributed by atoms with van der Waals surface area (Å²) in [6, 6.07) is 9.22. The van der Waals surface area contributed by atoms with E-state index in [1.165, 1.54) is 6.07 Å². The number of nitriles is 1. The number of halogens is 3. The largest absolute Gasteiger partial charge is 0.451 e. The summed E-state index contributed by atoms with van der Waals surface area (Å²) < 4.78 is 71.8. The summed E-state index contributed by atoms with van der Waals surface area (Å²) >= 11 is 0. The number of rotatable bonds is 12. The van der Waals surface area contributed by atoms with E-state index in [2.05, 4.69) is 26.7 Å². The molecule has 1 aromatic carbocycles. The van der Waals surface area contributed by atoms with Crippen molar-refractivity contribution in [3.8, 4) is 6.07 Å². The molecule has 0 spiro atoms. The molecule has 3 amide bonds. The molecule has 2 aromatic rings. The van der Waals surface area contributed by atoms with Crippen molar-refractivity contribution in [2.75, 3.05) is 48.4 Å². The second kappa shape index (κ2) is 15.4. The smallest absolute Gasteiger partial charge is 0.356 e. The molecule has 1 atom stereocenters. The van der Waals surface area contributed by atoms with Crippen LogP contribution in [0.2, 0.25) is 0 Å². The Morgan fingerprint density at radius 2 is 1.70 bits per heavy atom. The number of urea groups is 1. The molecule has 46 heavy (non-hydrogen) atoms. The fourth-order valence-corrected chi connectivity index (χ4v) is 5.94. The highest BCUT2D eigenvalue weighted by Gasteiger charge is 2.39. The lowest BCUT2D eigenvalue weighted by Gasteiger charge is -2.34. The lowest BCUT2D eigenvalue weighted by molar-refractivity contribution is -0.144. The minimum absolute atomic E-state index is 0.0579. The number of nitrogens with zero attached hydrogens (tertiary/aromatic N) is 5. The topological polar surface area (TPSA) is 181 Å². The molecule has 0 radical (unpaired) electrons. The van der Waals surface area contributed by atoms with E-state index in [9.17, 15) is 31.2 Å². The van der Waals surface area contributed by atoms with Gasteiger partial charge >= 0.3 is 12.2 Å². The third kappa shape index (κ3) is 10.2. The van der Waals surface area contributed by atoms with Gasteiger partial charge in [0.05, 0.1) is 11.6 Å². The first-order valence-corrected chi connectivity index (χ1v) is 16.6. The summed E-state index contributed by atoms with van der Waals surface area (Å²) in [4.78, 5) is 35.8. The van der Waals surface area contributed by atoms with E-state index in [0.29, 0.717) is 76.8 Å². The second-order valence-electron chi connectivity index (χ2n) is 11.3. The number of hydrogen-bond acceptors (Lipinski definition) is 9. The Balaban J connectivity index is 1.32. The van der Waals surface area contributed by atoms with Crippen LogP contribution < -0.4 is 25.8 Å². The van der Waals surface area contributed by atoms with Crippen LogP contribution in [0.5, 0.6) is 0 Å². The maximum Gasteiger partial charge on any atom is 0.451 e. The van der Waals surface area contributed by atoms with Gasteiger partial charge in [0.25, 0.3) is 10.1 Å². The van der Waals surface area contributed by atoms with Gasteiger partial charge in [-0.15, -0.1) is 0 Å².